The maximum atomic E-state index is 10.6. The van der Waals surface area contributed by atoms with Crippen LogP contribution in [0.5, 0.6) is 0 Å². The van der Waals surface area contributed by atoms with E-state index in [1.807, 2.05) is 36.4 Å². The number of aliphatic carboxylic acids is 1. The van der Waals surface area contributed by atoms with Gasteiger partial charge < -0.3 is 24.8 Å². The molecule has 6 nitrogen and oxygen atoms in total. The molecule has 30 heavy (non-hydrogen) atoms. The minimum Gasteiger partial charge on any atom is -0.481 e. The average Bonchev–Trinajstić information content (AvgIpc) is 3.28. The third-order valence-corrected chi connectivity index (χ3v) is 6.45. The van der Waals surface area contributed by atoms with E-state index < -0.39 is 24.0 Å². The molecule has 2 fully saturated rings. The Labute approximate surface area is 182 Å². The van der Waals surface area contributed by atoms with Crippen molar-refractivity contribution < 1.29 is 29.6 Å². The molecule has 0 unspecified atom stereocenters. The summed E-state index contributed by atoms with van der Waals surface area (Å²) in [4.78, 5) is 10.6. The monoisotopic (exact) mass is 438 g/mol. The number of unbranched alkanes of at least 4 members (excludes halogenated alkanes) is 1. The molecule has 1 aromatic rings. The molecular formula is C23H31ClO6. The molecule has 1 saturated heterocycles. The molecular weight excluding hydrogens is 408 g/mol. The van der Waals surface area contributed by atoms with Gasteiger partial charge in [-0.25, -0.2) is 0 Å². The van der Waals surface area contributed by atoms with Crippen LogP contribution in [0.1, 0.15) is 50.5 Å². The maximum absolute atomic E-state index is 10.6. The molecule has 1 saturated carbocycles. The molecule has 2 aliphatic rings. The number of rotatable bonds is 10. The zero-order valence-electron chi connectivity index (χ0n) is 17.1. The predicted molar refractivity (Wildman–Crippen MR) is 113 cm³/mol. The van der Waals surface area contributed by atoms with Crippen molar-refractivity contribution in [2.24, 2.45) is 11.8 Å². The average molecular weight is 439 g/mol. The quantitative estimate of drug-likeness (QED) is 0.379. The Kier molecular flexibility index (Phi) is 8.31. The number of benzene rings is 1. The Morgan fingerprint density at radius 3 is 2.43 bits per heavy atom. The number of hydrogen-bond acceptors (Lipinski definition) is 5. The van der Waals surface area contributed by atoms with E-state index in [9.17, 15) is 15.0 Å². The van der Waals surface area contributed by atoms with Crippen LogP contribution >= 0.6 is 11.6 Å². The van der Waals surface area contributed by atoms with E-state index in [-0.39, 0.29) is 18.3 Å². The highest BCUT2D eigenvalue weighted by molar-refractivity contribution is 6.30. The summed E-state index contributed by atoms with van der Waals surface area (Å²) in [5, 5.41) is 30.4. The van der Waals surface area contributed by atoms with Gasteiger partial charge in [0, 0.05) is 23.4 Å². The van der Waals surface area contributed by atoms with E-state index in [0.717, 1.165) is 5.56 Å². The Morgan fingerprint density at radius 1 is 1.10 bits per heavy atom. The molecule has 1 aromatic carbocycles. The Bertz CT molecular complexity index is 713. The van der Waals surface area contributed by atoms with Crippen LogP contribution in [0, 0.1) is 11.8 Å². The van der Waals surface area contributed by atoms with Gasteiger partial charge in [0.05, 0.1) is 25.4 Å². The lowest BCUT2D eigenvalue weighted by molar-refractivity contribution is -0.175. The van der Waals surface area contributed by atoms with Crippen molar-refractivity contribution in [2.75, 3.05) is 13.2 Å². The van der Waals surface area contributed by atoms with Gasteiger partial charge in [-0.3, -0.25) is 4.79 Å². The maximum Gasteiger partial charge on any atom is 0.303 e. The van der Waals surface area contributed by atoms with Crippen LogP contribution in [0.25, 0.3) is 0 Å². The van der Waals surface area contributed by atoms with Gasteiger partial charge in [-0.05, 0) is 56.1 Å². The second-order valence-corrected chi connectivity index (χ2v) is 8.62. The fourth-order valence-electron chi connectivity index (χ4n) is 4.62. The van der Waals surface area contributed by atoms with Crippen molar-refractivity contribution in [3.05, 3.63) is 47.0 Å². The molecule has 7 heteroatoms. The summed E-state index contributed by atoms with van der Waals surface area (Å²) in [6.45, 7) is 1.03. The molecule has 4 atom stereocenters. The molecule has 3 N–H and O–H groups in total. The van der Waals surface area contributed by atoms with Gasteiger partial charge in [0.25, 0.3) is 0 Å². The normalized spacial score (nSPS) is 28.4. The molecule has 0 bridgehead atoms. The van der Waals surface area contributed by atoms with Crippen molar-refractivity contribution in [1.29, 1.82) is 0 Å². The molecule has 1 aliphatic heterocycles. The van der Waals surface area contributed by atoms with E-state index in [4.69, 9.17) is 26.2 Å². The van der Waals surface area contributed by atoms with Gasteiger partial charge in [0.1, 0.15) is 0 Å². The molecule has 1 aliphatic carbocycles. The molecule has 0 amide bonds. The second kappa shape index (κ2) is 10.7. The van der Waals surface area contributed by atoms with Crippen molar-refractivity contribution in [2.45, 2.75) is 62.9 Å². The van der Waals surface area contributed by atoms with Crippen molar-refractivity contribution >= 4 is 17.6 Å². The largest absolute Gasteiger partial charge is 0.481 e. The van der Waals surface area contributed by atoms with Crippen molar-refractivity contribution in [3.8, 4) is 0 Å². The van der Waals surface area contributed by atoms with E-state index in [1.54, 1.807) is 0 Å². The fourth-order valence-corrected chi connectivity index (χ4v) is 4.74. The number of hydrogen-bond donors (Lipinski definition) is 3. The van der Waals surface area contributed by atoms with Crippen LogP contribution in [-0.2, 0) is 20.1 Å². The zero-order chi connectivity index (χ0) is 21.6. The summed E-state index contributed by atoms with van der Waals surface area (Å²) in [6, 6.07) is 7.45. The zero-order valence-corrected chi connectivity index (χ0v) is 17.8. The van der Waals surface area contributed by atoms with Crippen molar-refractivity contribution in [3.63, 3.8) is 0 Å². The molecule has 3 rings (SSSR count). The third-order valence-electron chi connectivity index (χ3n) is 6.20. The van der Waals surface area contributed by atoms with Crippen LogP contribution in [0.3, 0.4) is 0 Å². The third kappa shape index (κ3) is 5.83. The standard InChI is InChI=1S/C23H31ClO6/c24-17-9-7-16(8-10-17)23(29-13-14-30-23)12-11-19-18(20(25)15-21(19)26)5-3-1-2-4-6-22(27)28/h1,3,7-10,18-21,25-26H,2,4-6,11-15H2,(H,27,28)/b3-1-/t18-,19-,20+,21-/m1/s1. The van der Waals surface area contributed by atoms with Gasteiger partial charge in [-0.2, -0.15) is 0 Å². The summed E-state index contributed by atoms with van der Waals surface area (Å²) >= 11 is 6.02. The SMILES string of the molecule is O=C(O)CCC/C=C\C[C@@H]1[C@@H](CCC2(c3ccc(Cl)cc3)OCCO2)[C@H](O)C[C@@H]1O. The number of halogens is 1. The first-order chi connectivity index (χ1) is 14.4. The summed E-state index contributed by atoms with van der Waals surface area (Å²) in [5.41, 5.74) is 0.910. The number of aliphatic hydroxyl groups is 2. The molecule has 166 valence electrons. The van der Waals surface area contributed by atoms with Gasteiger partial charge >= 0.3 is 5.97 Å². The smallest absolute Gasteiger partial charge is 0.303 e. The molecule has 0 aromatic heterocycles. The summed E-state index contributed by atoms with van der Waals surface area (Å²) in [6.07, 6.45) is 6.59. The van der Waals surface area contributed by atoms with Crippen molar-refractivity contribution in [1.82, 2.24) is 0 Å². The number of carboxylic acids is 1. The highest BCUT2D eigenvalue weighted by Gasteiger charge is 2.44. The summed E-state index contributed by atoms with van der Waals surface area (Å²) in [5.74, 6) is -1.72. The first kappa shape index (κ1) is 23.2. The topological polar surface area (TPSA) is 96.2 Å². The number of allylic oxidation sites excluding steroid dienone is 2. The van der Waals surface area contributed by atoms with E-state index in [1.165, 1.54) is 0 Å². The number of carbonyl (C=O) groups is 1. The van der Waals surface area contributed by atoms with Crippen LogP contribution in [0.2, 0.25) is 5.02 Å². The predicted octanol–water partition coefficient (Wildman–Crippen LogP) is 3.88. The number of aliphatic hydroxyl groups excluding tert-OH is 2. The minimum absolute atomic E-state index is 0.0422. The van der Waals surface area contributed by atoms with Crippen LogP contribution in [0.4, 0.5) is 0 Å². The first-order valence-electron chi connectivity index (χ1n) is 10.7. The van der Waals surface area contributed by atoms with Crippen LogP contribution in [0.15, 0.2) is 36.4 Å². The van der Waals surface area contributed by atoms with E-state index in [0.29, 0.717) is 56.8 Å². The molecule has 0 spiro atoms. The lowest BCUT2D eigenvalue weighted by atomic mass is 9.84. The lowest BCUT2D eigenvalue weighted by Gasteiger charge is -2.31. The van der Waals surface area contributed by atoms with Gasteiger partial charge in [0.15, 0.2) is 5.79 Å². The highest BCUT2D eigenvalue weighted by Crippen LogP contribution is 2.43. The molecule has 0 radical (unpaired) electrons. The van der Waals surface area contributed by atoms with Gasteiger partial charge in [-0.1, -0.05) is 35.9 Å². The first-order valence-corrected chi connectivity index (χ1v) is 11.1. The lowest BCUT2D eigenvalue weighted by Crippen LogP contribution is -2.30. The number of ether oxygens (including phenoxy) is 2. The highest BCUT2D eigenvalue weighted by atomic mass is 35.5. The summed E-state index contributed by atoms with van der Waals surface area (Å²) < 4.78 is 12.0. The van der Waals surface area contributed by atoms with E-state index >= 15 is 0 Å². The van der Waals surface area contributed by atoms with Gasteiger partial charge in [0.2, 0.25) is 0 Å². The van der Waals surface area contributed by atoms with E-state index in [2.05, 4.69) is 0 Å². The Balaban J connectivity index is 1.60. The summed E-state index contributed by atoms with van der Waals surface area (Å²) in [7, 11) is 0. The fraction of sp³-hybridized carbons (Fsp3) is 0.609. The van der Waals surface area contributed by atoms with Crippen LogP contribution < -0.4 is 0 Å². The number of carboxylic acid groups (broad SMARTS) is 1. The van der Waals surface area contributed by atoms with Gasteiger partial charge in [-0.15, -0.1) is 0 Å². The van der Waals surface area contributed by atoms with Crippen LogP contribution in [-0.4, -0.2) is 46.7 Å². The Morgan fingerprint density at radius 2 is 1.77 bits per heavy atom. The molecule has 1 heterocycles. The Hall–Kier alpha value is -1.44. The second-order valence-electron chi connectivity index (χ2n) is 8.19. The minimum atomic E-state index is -0.838.